The molecular formula is C14H22N4O3. The highest BCUT2D eigenvalue weighted by Gasteiger charge is 2.26. The van der Waals surface area contributed by atoms with Crippen LogP contribution in [0.4, 0.5) is 0 Å². The molecule has 1 aromatic rings. The number of carboxylic acid groups (broad SMARTS) is 1. The fourth-order valence-electron chi connectivity index (χ4n) is 2.47. The van der Waals surface area contributed by atoms with Gasteiger partial charge in [-0.25, -0.2) is 0 Å². The topological polar surface area (TPSA) is 87.5 Å². The van der Waals surface area contributed by atoms with Crippen LogP contribution < -0.4 is 5.32 Å². The monoisotopic (exact) mass is 294 g/mol. The molecule has 1 aliphatic heterocycles. The van der Waals surface area contributed by atoms with Gasteiger partial charge in [-0.15, -0.1) is 0 Å². The number of carbonyl (C=O) groups excluding carboxylic acids is 1. The van der Waals surface area contributed by atoms with Crippen molar-refractivity contribution < 1.29 is 14.7 Å². The van der Waals surface area contributed by atoms with Crippen molar-refractivity contribution in [3.05, 3.63) is 18.0 Å². The Morgan fingerprint density at radius 2 is 2.14 bits per heavy atom. The lowest BCUT2D eigenvalue weighted by atomic mass is 9.97. The summed E-state index contributed by atoms with van der Waals surface area (Å²) >= 11 is 0. The molecule has 1 amide bonds. The van der Waals surface area contributed by atoms with Crippen molar-refractivity contribution in [3.8, 4) is 0 Å². The molecular weight excluding hydrogens is 272 g/mol. The van der Waals surface area contributed by atoms with Crippen molar-refractivity contribution in [2.75, 3.05) is 26.2 Å². The summed E-state index contributed by atoms with van der Waals surface area (Å²) in [5.41, 5.74) is 1.12. The van der Waals surface area contributed by atoms with Gasteiger partial charge in [0.2, 0.25) is 5.91 Å². The quantitative estimate of drug-likeness (QED) is 0.727. The molecule has 1 saturated heterocycles. The maximum atomic E-state index is 12.0. The van der Waals surface area contributed by atoms with E-state index in [2.05, 4.69) is 10.4 Å². The highest BCUT2D eigenvalue weighted by atomic mass is 16.4. The van der Waals surface area contributed by atoms with Crippen LogP contribution in [0.25, 0.3) is 0 Å². The normalized spacial score (nSPS) is 16.1. The van der Waals surface area contributed by atoms with Crippen LogP contribution in [0.2, 0.25) is 0 Å². The maximum Gasteiger partial charge on any atom is 0.306 e. The van der Waals surface area contributed by atoms with Crippen molar-refractivity contribution in [1.29, 1.82) is 0 Å². The molecule has 116 valence electrons. The summed E-state index contributed by atoms with van der Waals surface area (Å²) in [6.45, 7) is 4.76. The van der Waals surface area contributed by atoms with Gasteiger partial charge in [0.25, 0.3) is 0 Å². The van der Waals surface area contributed by atoms with Crippen LogP contribution in [0.3, 0.4) is 0 Å². The lowest BCUT2D eigenvalue weighted by Crippen LogP contribution is -2.44. The molecule has 2 heterocycles. The van der Waals surface area contributed by atoms with Gasteiger partial charge < -0.3 is 15.3 Å². The molecule has 0 bridgehead atoms. The van der Waals surface area contributed by atoms with Crippen LogP contribution in [-0.2, 0) is 16.1 Å². The number of aliphatic carboxylic acids is 1. The first-order chi connectivity index (χ1) is 10.1. The minimum Gasteiger partial charge on any atom is -0.481 e. The van der Waals surface area contributed by atoms with E-state index >= 15 is 0 Å². The van der Waals surface area contributed by atoms with Gasteiger partial charge in [0.15, 0.2) is 0 Å². The van der Waals surface area contributed by atoms with Crippen LogP contribution in [-0.4, -0.2) is 57.8 Å². The van der Waals surface area contributed by atoms with Crippen LogP contribution in [0.15, 0.2) is 12.4 Å². The fourth-order valence-corrected chi connectivity index (χ4v) is 2.47. The molecule has 0 atom stereocenters. The first kappa shape index (κ1) is 15.5. The Morgan fingerprint density at radius 3 is 2.71 bits per heavy atom. The zero-order valence-corrected chi connectivity index (χ0v) is 12.3. The van der Waals surface area contributed by atoms with Gasteiger partial charge in [0, 0.05) is 25.8 Å². The van der Waals surface area contributed by atoms with Crippen molar-refractivity contribution in [2.45, 2.75) is 26.3 Å². The summed E-state index contributed by atoms with van der Waals surface area (Å²) in [6, 6.07) is 0. The number of aromatic nitrogens is 2. The molecule has 2 rings (SSSR count). The molecule has 0 spiro atoms. The van der Waals surface area contributed by atoms with E-state index in [9.17, 15) is 9.59 Å². The number of hydrogen-bond donors (Lipinski definition) is 2. The molecule has 2 N–H and O–H groups in total. The number of carbonyl (C=O) groups is 2. The van der Waals surface area contributed by atoms with E-state index in [4.69, 9.17) is 5.11 Å². The molecule has 0 radical (unpaired) electrons. The van der Waals surface area contributed by atoms with Gasteiger partial charge in [0.1, 0.15) is 0 Å². The summed E-state index contributed by atoms with van der Waals surface area (Å²) in [7, 11) is 0. The molecule has 21 heavy (non-hydrogen) atoms. The van der Waals surface area contributed by atoms with E-state index in [-0.39, 0.29) is 18.4 Å². The first-order valence-corrected chi connectivity index (χ1v) is 7.26. The third-order valence-corrected chi connectivity index (χ3v) is 3.75. The number of piperidine rings is 1. The second kappa shape index (κ2) is 7.21. The minimum atomic E-state index is -0.755. The third-order valence-electron chi connectivity index (χ3n) is 3.75. The molecule has 1 aromatic heterocycles. The number of amides is 1. The van der Waals surface area contributed by atoms with Crippen LogP contribution >= 0.6 is 0 Å². The minimum absolute atomic E-state index is 0.0375. The largest absolute Gasteiger partial charge is 0.481 e. The average molecular weight is 294 g/mol. The lowest BCUT2D eigenvalue weighted by molar-refractivity contribution is -0.145. The Balaban J connectivity index is 1.63. The Bertz CT molecular complexity index is 492. The predicted molar refractivity (Wildman–Crippen MR) is 76.8 cm³/mol. The number of nitrogens with zero attached hydrogens (tertiary/aromatic N) is 3. The van der Waals surface area contributed by atoms with Crippen LogP contribution in [0.5, 0.6) is 0 Å². The average Bonchev–Trinajstić information content (AvgIpc) is 2.89. The molecule has 0 unspecified atom stereocenters. The summed E-state index contributed by atoms with van der Waals surface area (Å²) in [5, 5.41) is 16.2. The van der Waals surface area contributed by atoms with Gasteiger partial charge in [-0.05, 0) is 25.3 Å². The van der Waals surface area contributed by atoms with E-state index in [1.807, 2.05) is 17.8 Å². The standard InChI is InChI=1S/C14H22N4O3/c1-11-8-16-18(10-11)7-4-15-9-13(19)17-5-2-12(3-6-17)14(20)21/h8,10,12,15H,2-7,9H2,1H3,(H,20,21). The summed E-state index contributed by atoms with van der Waals surface area (Å²) in [6.07, 6.45) is 4.86. The summed E-state index contributed by atoms with van der Waals surface area (Å²) in [4.78, 5) is 24.6. The highest BCUT2D eigenvalue weighted by Crippen LogP contribution is 2.16. The Labute approximate surface area is 123 Å². The van der Waals surface area contributed by atoms with Crippen molar-refractivity contribution >= 4 is 11.9 Å². The van der Waals surface area contributed by atoms with E-state index in [1.54, 1.807) is 11.1 Å². The Kier molecular flexibility index (Phi) is 5.32. The van der Waals surface area contributed by atoms with Crippen LogP contribution in [0, 0.1) is 12.8 Å². The second-order valence-corrected chi connectivity index (χ2v) is 5.45. The van der Waals surface area contributed by atoms with Gasteiger partial charge in [-0.3, -0.25) is 14.3 Å². The van der Waals surface area contributed by atoms with Crippen LogP contribution in [0.1, 0.15) is 18.4 Å². The third kappa shape index (κ3) is 4.56. The fraction of sp³-hybridized carbons (Fsp3) is 0.643. The smallest absolute Gasteiger partial charge is 0.306 e. The number of carboxylic acids is 1. The molecule has 7 heteroatoms. The van der Waals surface area contributed by atoms with E-state index in [1.165, 1.54) is 0 Å². The number of nitrogens with one attached hydrogen (secondary N) is 1. The van der Waals surface area contributed by atoms with Gasteiger partial charge in [-0.2, -0.15) is 5.10 Å². The number of rotatable bonds is 6. The maximum absolute atomic E-state index is 12.0. The van der Waals surface area contributed by atoms with E-state index in [0.717, 1.165) is 12.1 Å². The number of hydrogen-bond acceptors (Lipinski definition) is 4. The predicted octanol–water partition coefficient (Wildman–Crippen LogP) is 0.104. The highest BCUT2D eigenvalue weighted by molar-refractivity contribution is 5.78. The van der Waals surface area contributed by atoms with Gasteiger partial charge in [-0.1, -0.05) is 0 Å². The molecule has 1 fully saturated rings. The zero-order chi connectivity index (χ0) is 15.2. The van der Waals surface area contributed by atoms with Gasteiger partial charge >= 0.3 is 5.97 Å². The molecule has 0 aliphatic carbocycles. The SMILES string of the molecule is Cc1cnn(CCNCC(=O)N2CCC(C(=O)O)CC2)c1. The number of aryl methyl sites for hydroxylation is 1. The second-order valence-electron chi connectivity index (χ2n) is 5.45. The van der Waals surface area contributed by atoms with Gasteiger partial charge in [0.05, 0.1) is 25.2 Å². The molecule has 7 nitrogen and oxygen atoms in total. The lowest BCUT2D eigenvalue weighted by Gasteiger charge is -2.30. The Morgan fingerprint density at radius 1 is 1.43 bits per heavy atom. The van der Waals surface area contributed by atoms with Crippen molar-refractivity contribution in [2.24, 2.45) is 5.92 Å². The van der Waals surface area contributed by atoms with E-state index in [0.29, 0.717) is 32.5 Å². The first-order valence-electron chi connectivity index (χ1n) is 7.26. The summed E-state index contributed by atoms with van der Waals surface area (Å²) < 4.78 is 1.84. The Hall–Kier alpha value is -1.89. The summed E-state index contributed by atoms with van der Waals surface area (Å²) in [5.74, 6) is -1.02. The molecule has 1 aliphatic rings. The molecule has 0 saturated carbocycles. The van der Waals surface area contributed by atoms with Crippen molar-refractivity contribution in [1.82, 2.24) is 20.0 Å². The zero-order valence-electron chi connectivity index (χ0n) is 12.3. The molecule has 0 aromatic carbocycles. The number of likely N-dealkylation sites (tertiary alicyclic amines) is 1. The van der Waals surface area contributed by atoms with Crippen molar-refractivity contribution in [3.63, 3.8) is 0 Å². The van der Waals surface area contributed by atoms with E-state index < -0.39 is 5.97 Å².